The van der Waals surface area contributed by atoms with Gasteiger partial charge in [-0.25, -0.2) is 28.7 Å². The first-order valence-corrected chi connectivity index (χ1v) is 52.2. The van der Waals surface area contributed by atoms with Gasteiger partial charge in [0.1, 0.15) is 97.3 Å². The third kappa shape index (κ3) is 24.2. The zero-order chi connectivity index (χ0) is 106. The molecule has 18 rings (SSSR count). The van der Waals surface area contributed by atoms with E-state index in [1.807, 2.05) is 102 Å². The van der Waals surface area contributed by atoms with E-state index in [4.69, 9.17) is 28.4 Å². The molecule has 40 heteroatoms. The maximum atomic E-state index is 14.5. The van der Waals surface area contributed by atoms with Gasteiger partial charge in [0.05, 0.1) is 95.1 Å². The first-order chi connectivity index (χ1) is 72.5. The predicted octanol–water partition coefficient (Wildman–Crippen LogP) is 13.0. The van der Waals surface area contributed by atoms with Crippen LogP contribution in [-0.4, -0.2) is 244 Å². The van der Waals surface area contributed by atoms with E-state index in [0.717, 1.165) is 79.8 Å². The van der Waals surface area contributed by atoms with Gasteiger partial charge in [-0.15, -0.1) is 45.3 Å². The Balaban J connectivity index is 0.000000204. The van der Waals surface area contributed by atoms with Crippen LogP contribution in [0.25, 0.3) is 20.9 Å². The standard InChI is InChI=1S/2C55H54FN7O10S2/c2*1-32(2)47(62-28-37-8-4-5-12-41(37)52(62)68)54(70)61-30-40(64)26-43(61)50(66)58-27-36-14-13-35(49-33(3)59-31-75-49)24-45(36)73-22-21-72-20-19-71-18-7-11-34-9-6-10-38-29-63(53(69)46(34)38)48(42-25-39(56)15-16-44(42)65)51(67)60-55-57-17-23-74-55/h2*4-6,8-10,12-17,23-25,31-32,40,43,47-48,64-65H,18-22,26-30H2,1-3H3,(H,58,66)(H,57,60,67)/t40-,43+,47+,48+;40-,43+,47+,48-/m11/s1. The van der Waals surface area contributed by atoms with Crippen molar-refractivity contribution in [3.63, 3.8) is 0 Å². The molecule has 8 N–H and O–H groups in total. The first kappa shape index (κ1) is 106. The second-order valence-electron chi connectivity index (χ2n) is 37.0. The minimum atomic E-state index is -1.38. The minimum absolute atomic E-state index is 0.0109. The molecular weight excluding hydrogens is 2000 g/mol. The number of benzene rings is 8. The number of phenolic OH excluding ortho intramolecular Hbond substituents is 2. The summed E-state index contributed by atoms with van der Waals surface area (Å²) in [7, 11) is 0. The number of β-amino-alcohol motifs (C(OH)–C–C–N with tert-alkyl or cyclic N) is 2. The summed E-state index contributed by atoms with van der Waals surface area (Å²) < 4.78 is 64.5. The number of likely N-dealkylation sites (tertiary alicyclic amines) is 2. The molecule has 8 atom stereocenters. The van der Waals surface area contributed by atoms with Crippen molar-refractivity contribution < 1.29 is 106 Å². The van der Waals surface area contributed by atoms with E-state index in [2.05, 4.69) is 64.9 Å². The second kappa shape index (κ2) is 48.5. The molecule has 4 aromatic heterocycles. The van der Waals surface area contributed by atoms with Gasteiger partial charge in [-0.2, -0.15) is 0 Å². The van der Waals surface area contributed by atoms with Crippen LogP contribution >= 0.6 is 45.3 Å². The second-order valence-corrected chi connectivity index (χ2v) is 40.5. The molecule has 8 aromatic carbocycles. The van der Waals surface area contributed by atoms with Gasteiger partial charge in [-0.3, -0.25) is 58.6 Å². The number of hydrogen-bond acceptors (Lipinski definition) is 28. The van der Waals surface area contributed by atoms with E-state index < -0.39 is 95.5 Å². The number of aliphatic hydroxyl groups is 2. The summed E-state index contributed by atoms with van der Waals surface area (Å²) >= 11 is 5.34. The van der Waals surface area contributed by atoms with Crippen LogP contribution in [0, 0.1) is 61.0 Å². The van der Waals surface area contributed by atoms with Crippen LogP contribution in [0.3, 0.4) is 0 Å². The molecule has 776 valence electrons. The van der Waals surface area contributed by atoms with E-state index >= 15 is 0 Å². The number of nitrogens with one attached hydrogen (secondary N) is 4. The number of aromatic hydroxyl groups is 2. The number of amides is 10. The molecule has 0 radical (unpaired) electrons. The van der Waals surface area contributed by atoms with Gasteiger partial charge in [0.2, 0.25) is 23.6 Å². The smallest absolute Gasteiger partial charge is 0.256 e. The largest absolute Gasteiger partial charge is 0.508 e. The molecule has 12 aromatic rings. The van der Waals surface area contributed by atoms with Crippen molar-refractivity contribution in [2.24, 2.45) is 11.8 Å². The molecule has 0 bridgehead atoms. The number of phenols is 2. The summed E-state index contributed by atoms with van der Waals surface area (Å²) in [6.07, 6.45) is 1.30. The number of carbonyl (C=O) groups excluding carboxylic acids is 10. The summed E-state index contributed by atoms with van der Waals surface area (Å²) in [6.45, 7) is 13.6. The van der Waals surface area contributed by atoms with Crippen molar-refractivity contribution in [1.29, 1.82) is 0 Å². The number of anilines is 2. The van der Waals surface area contributed by atoms with Crippen molar-refractivity contribution in [3.8, 4) is 67.6 Å². The molecule has 10 amide bonds. The number of rotatable bonds is 38. The molecule has 0 saturated carbocycles. The van der Waals surface area contributed by atoms with Gasteiger partial charge in [0.15, 0.2) is 10.3 Å². The number of nitrogens with zero attached hydrogens (tertiary/aromatic N) is 10. The van der Waals surface area contributed by atoms with Crippen molar-refractivity contribution in [1.82, 2.24) is 60.0 Å². The highest BCUT2D eigenvalue weighted by atomic mass is 32.1. The van der Waals surface area contributed by atoms with Crippen LogP contribution in [0.1, 0.15) is 161 Å². The van der Waals surface area contributed by atoms with Crippen LogP contribution in [0.5, 0.6) is 23.0 Å². The topological polar surface area (TPSA) is 426 Å². The SMILES string of the molecule is Cc1ncsc1-c1ccc(CNC(=O)[C@@H]2C[C@@H](O)CN2C(=O)[C@H](C(C)C)N2Cc3ccccc3C2=O)c(OCCOCCOCC#Cc2cccc3c2C(=O)N([C@@H](C(=O)Nc2nccs2)c2cc(F)ccc2O)C3)c1.Cc1ncsc1-c1ccc(CNC(=O)[C@@H]2C[C@@H](O)CN2C(=O)[C@H](C(C)C)N2Cc3ccccc3C2=O)c(OCCOCCOCC#Cc2cccc3c2C(=O)N([C@H](C(=O)Nc2nccs2)c2cc(F)ccc2O)C3)c1. The highest BCUT2D eigenvalue weighted by Gasteiger charge is 2.50. The average Bonchev–Trinajstić information content (AvgIpc) is 1.61. The monoisotopic (exact) mass is 2110 g/mol. The van der Waals surface area contributed by atoms with Gasteiger partial charge in [0, 0.05) is 133 Å². The zero-order valence-corrected chi connectivity index (χ0v) is 85.8. The Morgan fingerprint density at radius 2 is 0.847 bits per heavy atom. The average molecular weight is 2110 g/mol. The Morgan fingerprint density at radius 3 is 1.23 bits per heavy atom. The number of hydrogen-bond donors (Lipinski definition) is 8. The normalized spacial score (nSPS) is 16.6. The molecular formula is C110H108F2N14O20S4. The molecule has 2 saturated heterocycles. The van der Waals surface area contributed by atoms with E-state index in [-0.39, 0.29) is 200 Å². The Morgan fingerprint density at radius 1 is 0.453 bits per heavy atom. The summed E-state index contributed by atoms with van der Waals surface area (Å²) in [5, 5.41) is 58.2. The molecule has 150 heavy (non-hydrogen) atoms. The highest BCUT2D eigenvalue weighted by Crippen LogP contribution is 2.43. The van der Waals surface area contributed by atoms with E-state index in [1.54, 1.807) is 92.2 Å². The van der Waals surface area contributed by atoms with Gasteiger partial charge in [0.25, 0.3) is 35.4 Å². The van der Waals surface area contributed by atoms with Gasteiger partial charge in [-0.1, -0.05) is 136 Å². The number of aliphatic hydroxyl groups excluding tert-OH is 2. The molecule has 6 aliphatic heterocycles. The lowest BCUT2D eigenvalue weighted by Gasteiger charge is -2.35. The number of fused-ring (bicyclic) bond motifs is 4. The Hall–Kier alpha value is -15.1. The maximum Gasteiger partial charge on any atom is 0.256 e. The van der Waals surface area contributed by atoms with E-state index in [1.165, 1.54) is 77.3 Å². The number of carbonyl (C=O) groups is 10. The lowest BCUT2D eigenvalue weighted by Crippen LogP contribution is -2.55. The van der Waals surface area contributed by atoms with Crippen LogP contribution in [0.2, 0.25) is 0 Å². The van der Waals surface area contributed by atoms with Crippen molar-refractivity contribution in [3.05, 3.63) is 293 Å². The zero-order valence-electron chi connectivity index (χ0n) is 82.6. The summed E-state index contributed by atoms with van der Waals surface area (Å²) in [5.74, 6) is 5.87. The fourth-order valence-corrected chi connectivity index (χ4v) is 22.0. The molecule has 0 aliphatic carbocycles. The molecule has 34 nitrogen and oxygen atoms in total. The Labute approximate surface area is 878 Å². The quantitative estimate of drug-likeness (QED) is 0.0132. The number of aryl methyl sites for hydroxylation is 2. The summed E-state index contributed by atoms with van der Waals surface area (Å²) in [6, 6.07) is 36.5. The molecule has 0 unspecified atom stereocenters. The lowest BCUT2D eigenvalue weighted by atomic mass is 10.0. The summed E-state index contributed by atoms with van der Waals surface area (Å²) in [4.78, 5) is 166. The van der Waals surface area contributed by atoms with Crippen molar-refractivity contribution in [2.75, 3.05) is 89.8 Å². The predicted molar refractivity (Wildman–Crippen MR) is 554 cm³/mol. The maximum absolute atomic E-state index is 14.5. The van der Waals surface area contributed by atoms with Crippen molar-refractivity contribution in [2.45, 2.75) is 142 Å². The fourth-order valence-electron chi connectivity index (χ4n) is 19.3. The first-order valence-electron chi connectivity index (χ1n) is 48.7. The Kier molecular flexibility index (Phi) is 34.3. The van der Waals surface area contributed by atoms with Gasteiger partial charge < -0.3 is 88.9 Å². The number of halogens is 2. The van der Waals surface area contributed by atoms with E-state index in [9.17, 15) is 77.2 Å². The Bertz CT molecular complexity index is 6770. The molecule has 2 fully saturated rings. The minimum Gasteiger partial charge on any atom is -0.508 e. The number of thiazole rings is 4. The number of aromatic nitrogens is 4. The van der Waals surface area contributed by atoms with E-state index in [0.29, 0.717) is 67.1 Å². The van der Waals surface area contributed by atoms with Crippen LogP contribution in [0.4, 0.5) is 19.0 Å². The molecule has 0 spiro atoms. The van der Waals surface area contributed by atoms with Crippen LogP contribution in [-0.2, 0) is 87.0 Å². The summed E-state index contributed by atoms with van der Waals surface area (Å²) in [5.41, 5.74) is 13.7. The number of ether oxygens (including phenoxy) is 6. The third-order valence-corrected chi connectivity index (χ3v) is 29.7. The van der Waals surface area contributed by atoms with Crippen LogP contribution < -0.4 is 30.7 Å². The fraction of sp³-hybridized carbons (Fsp3) is 0.327. The van der Waals surface area contributed by atoms with Crippen LogP contribution in [0.15, 0.2) is 192 Å². The highest BCUT2D eigenvalue weighted by molar-refractivity contribution is 7.14. The van der Waals surface area contributed by atoms with Crippen molar-refractivity contribution >= 4 is 115 Å². The molecule has 10 heterocycles. The van der Waals surface area contributed by atoms with Gasteiger partial charge in [-0.05, 0) is 132 Å². The third-order valence-electron chi connectivity index (χ3n) is 26.4. The molecule has 6 aliphatic rings. The lowest BCUT2D eigenvalue weighted by molar-refractivity contribution is -0.143. The van der Waals surface area contributed by atoms with Gasteiger partial charge >= 0.3 is 0 Å².